The van der Waals surface area contributed by atoms with E-state index >= 15 is 0 Å². The molecule has 0 bridgehead atoms. The zero-order valence-electron chi connectivity index (χ0n) is 13.9. The first-order chi connectivity index (χ1) is 12.2. The van der Waals surface area contributed by atoms with Crippen LogP contribution in [-0.2, 0) is 0 Å². The summed E-state index contributed by atoms with van der Waals surface area (Å²) in [6.07, 6.45) is 0. The van der Waals surface area contributed by atoms with Crippen molar-refractivity contribution >= 4 is 11.1 Å². The van der Waals surface area contributed by atoms with Crippen LogP contribution < -0.4 is 9.47 Å². The summed E-state index contributed by atoms with van der Waals surface area (Å²) in [5.74, 6) is 2.73. The van der Waals surface area contributed by atoms with Crippen molar-refractivity contribution in [1.29, 1.82) is 0 Å². The van der Waals surface area contributed by atoms with Crippen LogP contribution in [0.5, 0.6) is 11.5 Å². The molecule has 0 atom stereocenters. The minimum Gasteiger partial charge on any atom is -0.493 e. The van der Waals surface area contributed by atoms with Gasteiger partial charge in [-0.3, -0.25) is 0 Å². The summed E-state index contributed by atoms with van der Waals surface area (Å²) in [7, 11) is 3.17. The van der Waals surface area contributed by atoms with Crippen LogP contribution in [0.1, 0.15) is 5.89 Å². The molecule has 2 aromatic heterocycles. The zero-order chi connectivity index (χ0) is 17.4. The second kappa shape index (κ2) is 5.94. The number of hydrogen-bond donors (Lipinski definition) is 0. The Bertz CT molecular complexity index is 1050. The number of aromatic nitrogens is 3. The quantitative estimate of drug-likeness (QED) is 0.559. The molecule has 4 aromatic rings. The van der Waals surface area contributed by atoms with Crippen molar-refractivity contribution in [2.45, 2.75) is 6.92 Å². The van der Waals surface area contributed by atoms with Crippen molar-refractivity contribution in [3.8, 4) is 34.3 Å². The maximum Gasteiger partial charge on any atom is 0.258 e. The molecule has 0 amide bonds. The Labute approximate surface area is 143 Å². The molecule has 0 fully saturated rings. The molecule has 0 unspecified atom stereocenters. The van der Waals surface area contributed by atoms with Gasteiger partial charge in [0.05, 0.1) is 14.2 Å². The fourth-order valence-electron chi connectivity index (χ4n) is 2.61. The number of benzene rings is 2. The maximum atomic E-state index is 5.48. The zero-order valence-corrected chi connectivity index (χ0v) is 13.9. The van der Waals surface area contributed by atoms with Crippen LogP contribution in [0.3, 0.4) is 0 Å². The lowest BCUT2D eigenvalue weighted by Gasteiger charge is -2.07. The molecule has 4 rings (SSSR count). The second-order valence-corrected chi connectivity index (χ2v) is 5.41. The van der Waals surface area contributed by atoms with Crippen LogP contribution in [0.2, 0.25) is 0 Å². The molecule has 7 heteroatoms. The third-order valence-electron chi connectivity index (χ3n) is 3.81. The van der Waals surface area contributed by atoms with Crippen LogP contribution in [-0.4, -0.2) is 29.3 Å². The monoisotopic (exact) mass is 337 g/mol. The van der Waals surface area contributed by atoms with Gasteiger partial charge < -0.3 is 18.4 Å². The Hall–Kier alpha value is -3.35. The summed E-state index contributed by atoms with van der Waals surface area (Å²) in [6.45, 7) is 1.81. The molecule has 0 aliphatic carbocycles. The van der Waals surface area contributed by atoms with Crippen molar-refractivity contribution in [3.05, 3.63) is 42.3 Å². The van der Waals surface area contributed by atoms with Crippen molar-refractivity contribution in [2.24, 2.45) is 0 Å². The Morgan fingerprint density at radius 3 is 2.48 bits per heavy atom. The van der Waals surface area contributed by atoms with Gasteiger partial charge >= 0.3 is 0 Å². The van der Waals surface area contributed by atoms with Crippen LogP contribution in [0, 0.1) is 6.92 Å². The number of nitrogens with zero attached hydrogens (tertiary/aromatic N) is 3. The lowest BCUT2D eigenvalue weighted by molar-refractivity contribution is 0.355. The van der Waals surface area contributed by atoms with Gasteiger partial charge in [0.1, 0.15) is 5.52 Å². The Morgan fingerprint density at radius 2 is 1.68 bits per heavy atom. The fourth-order valence-corrected chi connectivity index (χ4v) is 2.61. The number of ether oxygens (including phenoxy) is 2. The second-order valence-electron chi connectivity index (χ2n) is 5.41. The third-order valence-corrected chi connectivity index (χ3v) is 3.81. The predicted molar refractivity (Wildman–Crippen MR) is 90.6 cm³/mol. The Kier molecular flexibility index (Phi) is 3.61. The molecule has 7 nitrogen and oxygen atoms in total. The Morgan fingerprint density at radius 1 is 0.880 bits per heavy atom. The van der Waals surface area contributed by atoms with Crippen molar-refractivity contribution in [2.75, 3.05) is 14.2 Å². The molecule has 2 heterocycles. The summed E-state index contributed by atoms with van der Waals surface area (Å²) in [5.41, 5.74) is 3.03. The average Bonchev–Trinajstić information content (AvgIpc) is 3.26. The van der Waals surface area contributed by atoms with E-state index in [0.29, 0.717) is 29.1 Å². The van der Waals surface area contributed by atoms with Crippen LogP contribution in [0.15, 0.2) is 45.3 Å². The SMILES string of the molecule is COc1ccc(-c2nc(-c3ccc4oc(C)nc4c3)no2)cc1OC. The molecule has 0 aliphatic rings. The first kappa shape index (κ1) is 15.2. The summed E-state index contributed by atoms with van der Waals surface area (Å²) in [4.78, 5) is 8.79. The number of aryl methyl sites for hydroxylation is 1. The number of rotatable bonds is 4. The first-order valence-corrected chi connectivity index (χ1v) is 7.61. The number of oxazole rings is 1. The normalized spacial score (nSPS) is 11.0. The average molecular weight is 337 g/mol. The van der Waals surface area contributed by atoms with E-state index in [2.05, 4.69) is 15.1 Å². The molecule has 0 spiro atoms. The molecule has 0 radical (unpaired) electrons. The van der Waals surface area contributed by atoms with Gasteiger partial charge in [-0.1, -0.05) is 5.16 Å². The van der Waals surface area contributed by atoms with Crippen molar-refractivity contribution in [3.63, 3.8) is 0 Å². The topological polar surface area (TPSA) is 83.4 Å². The van der Waals surface area contributed by atoms with Crippen LogP contribution in [0.4, 0.5) is 0 Å². The van der Waals surface area contributed by atoms with Gasteiger partial charge in [0, 0.05) is 18.1 Å². The summed E-state index contributed by atoms with van der Waals surface area (Å²) in [6, 6.07) is 11.0. The van der Waals surface area contributed by atoms with Crippen LogP contribution >= 0.6 is 0 Å². The van der Waals surface area contributed by atoms with E-state index in [1.54, 1.807) is 26.4 Å². The highest BCUT2D eigenvalue weighted by Crippen LogP contribution is 2.32. The van der Waals surface area contributed by atoms with Crippen molar-refractivity contribution < 1.29 is 18.4 Å². The summed E-state index contributed by atoms with van der Waals surface area (Å²) in [5, 5.41) is 4.06. The largest absolute Gasteiger partial charge is 0.493 e. The lowest BCUT2D eigenvalue weighted by Crippen LogP contribution is -1.90. The maximum absolute atomic E-state index is 5.48. The van der Waals surface area contributed by atoms with Gasteiger partial charge in [0.2, 0.25) is 5.82 Å². The van der Waals surface area contributed by atoms with Gasteiger partial charge in [-0.15, -0.1) is 0 Å². The van der Waals surface area contributed by atoms with Gasteiger partial charge in [-0.25, -0.2) is 4.98 Å². The van der Waals surface area contributed by atoms with Gasteiger partial charge in [-0.2, -0.15) is 4.98 Å². The molecule has 0 saturated carbocycles. The molecule has 0 aliphatic heterocycles. The highest BCUT2D eigenvalue weighted by atomic mass is 16.5. The summed E-state index contributed by atoms with van der Waals surface area (Å²) < 4.78 is 21.4. The van der Waals surface area contributed by atoms with E-state index in [9.17, 15) is 0 Å². The number of methoxy groups -OCH3 is 2. The van der Waals surface area contributed by atoms with E-state index in [1.165, 1.54) is 0 Å². The third kappa shape index (κ3) is 2.69. The van der Waals surface area contributed by atoms with E-state index < -0.39 is 0 Å². The Balaban J connectivity index is 1.71. The molecular weight excluding hydrogens is 322 g/mol. The van der Waals surface area contributed by atoms with Gasteiger partial charge in [-0.05, 0) is 36.4 Å². The number of fused-ring (bicyclic) bond motifs is 1. The molecule has 0 N–H and O–H groups in total. The van der Waals surface area contributed by atoms with E-state index in [0.717, 1.165) is 22.2 Å². The molecule has 25 heavy (non-hydrogen) atoms. The molecule has 2 aromatic carbocycles. The number of hydrogen-bond acceptors (Lipinski definition) is 7. The van der Waals surface area contributed by atoms with Gasteiger partial charge in [0.15, 0.2) is 23.0 Å². The molecular formula is C18H15N3O4. The van der Waals surface area contributed by atoms with Gasteiger partial charge in [0.25, 0.3) is 5.89 Å². The molecule has 126 valence electrons. The highest BCUT2D eigenvalue weighted by molar-refractivity contribution is 5.78. The van der Waals surface area contributed by atoms with E-state index in [-0.39, 0.29) is 0 Å². The van der Waals surface area contributed by atoms with E-state index in [4.69, 9.17) is 18.4 Å². The molecule has 0 saturated heterocycles. The standard InChI is InChI=1S/C18H15N3O4/c1-10-19-13-8-11(4-6-14(13)24-10)17-20-18(25-21-17)12-5-7-15(22-2)16(9-12)23-3/h4-9H,1-3H3. The summed E-state index contributed by atoms with van der Waals surface area (Å²) >= 11 is 0. The van der Waals surface area contributed by atoms with Crippen molar-refractivity contribution in [1.82, 2.24) is 15.1 Å². The van der Waals surface area contributed by atoms with E-state index in [1.807, 2.05) is 31.2 Å². The van der Waals surface area contributed by atoms with Crippen LogP contribution in [0.25, 0.3) is 33.9 Å². The lowest BCUT2D eigenvalue weighted by atomic mass is 10.2. The predicted octanol–water partition coefficient (Wildman–Crippen LogP) is 3.87. The minimum absolute atomic E-state index is 0.396. The first-order valence-electron chi connectivity index (χ1n) is 7.61. The smallest absolute Gasteiger partial charge is 0.258 e. The highest BCUT2D eigenvalue weighted by Gasteiger charge is 2.14. The minimum atomic E-state index is 0.396. The fraction of sp³-hybridized carbons (Fsp3) is 0.167.